The largest absolute Gasteiger partial charge is 0.449 e. The van der Waals surface area contributed by atoms with E-state index in [9.17, 15) is 14.4 Å². The van der Waals surface area contributed by atoms with Gasteiger partial charge in [0.1, 0.15) is 0 Å². The molecule has 5 nitrogen and oxygen atoms in total. The first-order valence-electron chi connectivity index (χ1n) is 9.68. The zero-order valence-electron chi connectivity index (χ0n) is 16.8. The van der Waals surface area contributed by atoms with Gasteiger partial charge < -0.3 is 10.1 Å². The number of amides is 1. The van der Waals surface area contributed by atoms with E-state index in [1.807, 2.05) is 37.3 Å². The Bertz CT molecular complexity index is 1010. The molecule has 1 N–H and O–H groups in total. The van der Waals surface area contributed by atoms with Crippen molar-refractivity contribution in [3.8, 4) is 0 Å². The van der Waals surface area contributed by atoms with Gasteiger partial charge >= 0.3 is 5.97 Å². The van der Waals surface area contributed by atoms with Crippen LogP contribution >= 0.6 is 11.3 Å². The van der Waals surface area contributed by atoms with E-state index < -0.39 is 12.1 Å². The van der Waals surface area contributed by atoms with Gasteiger partial charge in [0.2, 0.25) is 5.78 Å². The van der Waals surface area contributed by atoms with Crippen LogP contribution in [0, 0.1) is 0 Å². The van der Waals surface area contributed by atoms with E-state index >= 15 is 0 Å². The molecule has 154 valence electrons. The van der Waals surface area contributed by atoms with Crippen LogP contribution in [-0.4, -0.2) is 30.3 Å². The van der Waals surface area contributed by atoms with Crippen LogP contribution in [0.25, 0.3) is 0 Å². The van der Waals surface area contributed by atoms with Crippen LogP contribution in [0.2, 0.25) is 0 Å². The van der Waals surface area contributed by atoms with Crippen molar-refractivity contribution in [2.45, 2.75) is 25.9 Å². The smallest absolute Gasteiger partial charge is 0.339 e. The van der Waals surface area contributed by atoms with Gasteiger partial charge in [0.25, 0.3) is 5.91 Å². The maximum Gasteiger partial charge on any atom is 0.339 e. The van der Waals surface area contributed by atoms with E-state index in [-0.39, 0.29) is 28.7 Å². The summed E-state index contributed by atoms with van der Waals surface area (Å²) < 4.78 is 5.34. The number of ketones is 1. The number of thiophene rings is 1. The number of ether oxygens (including phenoxy) is 1. The summed E-state index contributed by atoms with van der Waals surface area (Å²) in [5.41, 5.74) is 1.52. The molecule has 2 aromatic carbocycles. The van der Waals surface area contributed by atoms with E-state index in [1.165, 1.54) is 24.3 Å². The van der Waals surface area contributed by atoms with Crippen molar-refractivity contribution in [1.29, 1.82) is 0 Å². The predicted molar refractivity (Wildman–Crippen MR) is 117 cm³/mol. The SMILES string of the molecule is CC(OC(=O)c1ccccc1C(=O)c1cccs1)C(=O)NCC(C)c1ccccc1. The zero-order chi connectivity index (χ0) is 21.5. The third kappa shape index (κ3) is 5.21. The van der Waals surface area contributed by atoms with Crippen LogP contribution in [-0.2, 0) is 9.53 Å². The molecule has 2 unspecified atom stereocenters. The molecule has 0 fully saturated rings. The number of esters is 1. The monoisotopic (exact) mass is 421 g/mol. The van der Waals surface area contributed by atoms with Crippen LogP contribution < -0.4 is 5.32 Å². The van der Waals surface area contributed by atoms with Crippen molar-refractivity contribution in [2.75, 3.05) is 6.54 Å². The number of carbonyl (C=O) groups is 3. The summed E-state index contributed by atoms with van der Waals surface area (Å²) in [6, 6.07) is 19.8. The molecule has 1 aromatic heterocycles. The summed E-state index contributed by atoms with van der Waals surface area (Å²) in [6.45, 7) is 3.96. The number of hydrogen-bond acceptors (Lipinski definition) is 5. The summed E-state index contributed by atoms with van der Waals surface area (Å²) in [4.78, 5) is 38.3. The fourth-order valence-electron chi connectivity index (χ4n) is 2.97. The highest BCUT2D eigenvalue weighted by atomic mass is 32.1. The summed E-state index contributed by atoms with van der Waals surface area (Å²) >= 11 is 1.31. The van der Waals surface area contributed by atoms with E-state index in [0.717, 1.165) is 5.56 Å². The third-order valence-electron chi connectivity index (χ3n) is 4.74. The van der Waals surface area contributed by atoms with Gasteiger partial charge in [-0.2, -0.15) is 0 Å². The zero-order valence-corrected chi connectivity index (χ0v) is 17.6. The van der Waals surface area contributed by atoms with Gasteiger partial charge in [-0.1, -0.05) is 61.5 Å². The van der Waals surface area contributed by atoms with Crippen LogP contribution in [0.3, 0.4) is 0 Å². The Morgan fingerprint density at radius 3 is 2.23 bits per heavy atom. The lowest BCUT2D eigenvalue weighted by atomic mass is 10.0. The highest BCUT2D eigenvalue weighted by Gasteiger charge is 2.24. The third-order valence-corrected chi connectivity index (χ3v) is 5.61. The maximum atomic E-state index is 12.7. The minimum Gasteiger partial charge on any atom is -0.449 e. The van der Waals surface area contributed by atoms with Gasteiger partial charge in [-0.05, 0) is 35.9 Å². The minimum absolute atomic E-state index is 0.127. The average Bonchev–Trinajstić information content (AvgIpc) is 3.32. The lowest BCUT2D eigenvalue weighted by molar-refractivity contribution is -0.129. The van der Waals surface area contributed by atoms with Crippen molar-refractivity contribution >= 4 is 29.0 Å². The van der Waals surface area contributed by atoms with Crippen molar-refractivity contribution in [1.82, 2.24) is 5.32 Å². The second-order valence-electron chi connectivity index (χ2n) is 6.96. The highest BCUT2D eigenvalue weighted by Crippen LogP contribution is 2.19. The number of benzene rings is 2. The Labute approximate surface area is 179 Å². The predicted octanol–water partition coefficient (Wildman–Crippen LogP) is 4.44. The highest BCUT2D eigenvalue weighted by molar-refractivity contribution is 7.12. The fourth-order valence-corrected chi connectivity index (χ4v) is 3.65. The van der Waals surface area contributed by atoms with Gasteiger partial charge in [0, 0.05) is 12.1 Å². The topological polar surface area (TPSA) is 72.5 Å². The molecule has 0 spiro atoms. The molecule has 0 saturated carbocycles. The van der Waals surface area contributed by atoms with Gasteiger partial charge in [0.15, 0.2) is 6.10 Å². The van der Waals surface area contributed by atoms with Gasteiger partial charge in [-0.25, -0.2) is 4.79 Å². The number of nitrogens with one attached hydrogen (secondary N) is 1. The molecule has 3 rings (SSSR count). The summed E-state index contributed by atoms with van der Waals surface area (Å²) in [5, 5.41) is 4.62. The molecular formula is C24H23NO4S. The second-order valence-corrected chi connectivity index (χ2v) is 7.90. The Balaban J connectivity index is 1.62. The molecular weight excluding hydrogens is 398 g/mol. The average molecular weight is 422 g/mol. The van der Waals surface area contributed by atoms with Gasteiger partial charge in [-0.15, -0.1) is 11.3 Å². The molecule has 3 aromatic rings. The molecule has 0 radical (unpaired) electrons. The first-order valence-corrected chi connectivity index (χ1v) is 10.6. The van der Waals surface area contributed by atoms with E-state index in [0.29, 0.717) is 11.4 Å². The summed E-state index contributed by atoms with van der Waals surface area (Å²) in [6.07, 6.45) is -0.981. The lowest BCUT2D eigenvalue weighted by Crippen LogP contribution is -2.37. The molecule has 0 aliphatic carbocycles. The number of carbonyl (C=O) groups excluding carboxylic acids is 3. The van der Waals surface area contributed by atoms with Crippen LogP contribution in [0.4, 0.5) is 0 Å². The Morgan fingerprint density at radius 2 is 1.57 bits per heavy atom. The van der Waals surface area contributed by atoms with Crippen molar-refractivity contribution in [2.24, 2.45) is 0 Å². The first kappa shape index (κ1) is 21.5. The standard InChI is InChI=1S/C24H23NO4S/c1-16(18-9-4-3-5-10-18)15-25-23(27)17(2)29-24(28)20-12-7-6-11-19(20)22(26)21-13-8-14-30-21/h3-14,16-17H,15H2,1-2H3,(H,25,27). The maximum absolute atomic E-state index is 12.7. The van der Waals surface area contributed by atoms with Crippen LogP contribution in [0.15, 0.2) is 72.1 Å². The first-order chi connectivity index (χ1) is 14.5. The van der Waals surface area contributed by atoms with Crippen LogP contribution in [0.1, 0.15) is 50.9 Å². The molecule has 0 aliphatic rings. The summed E-state index contributed by atoms with van der Waals surface area (Å²) in [5.74, 6) is -1.20. The Morgan fingerprint density at radius 1 is 0.900 bits per heavy atom. The Hall–Kier alpha value is -3.25. The van der Waals surface area contributed by atoms with E-state index in [2.05, 4.69) is 5.32 Å². The minimum atomic E-state index is -0.981. The normalized spacial score (nSPS) is 12.6. The van der Waals surface area contributed by atoms with Crippen molar-refractivity contribution in [3.05, 3.63) is 93.7 Å². The van der Waals surface area contributed by atoms with Gasteiger partial charge in [0.05, 0.1) is 10.4 Å². The molecule has 0 saturated heterocycles. The van der Waals surface area contributed by atoms with Crippen LogP contribution in [0.5, 0.6) is 0 Å². The van der Waals surface area contributed by atoms with Gasteiger partial charge in [-0.3, -0.25) is 9.59 Å². The summed E-state index contributed by atoms with van der Waals surface area (Å²) in [7, 11) is 0. The molecule has 0 aliphatic heterocycles. The Kier molecular flexibility index (Phi) is 7.14. The molecule has 1 amide bonds. The lowest BCUT2D eigenvalue weighted by Gasteiger charge is -2.17. The molecule has 6 heteroatoms. The number of rotatable bonds is 8. The number of hydrogen-bond donors (Lipinski definition) is 1. The fraction of sp³-hybridized carbons (Fsp3) is 0.208. The van der Waals surface area contributed by atoms with Crippen molar-refractivity contribution < 1.29 is 19.1 Å². The van der Waals surface area contributed by atoms with E-state index in [1.54, 1.807) is 35.7 Å². The quantitative estimate of drug-likeness (QED) is 0.431. The van der Waals surface area contributed by atoms with Crippen molar-refractivity contribution in [3.63, 3.8) is 0 Å². The second kappa shape index (κ2) is 9.98. The molecule has 0 bridgehead atoms. The molecule has 1 heterocycles. The molecule has 2 atom stereocenters. The molecule has 30 heavy (non-hydrogen) atoms. The van der Waals surface area contributed by atoms with E-state index in [4.69, 9.17) is 4.74 Å².